The molecule has 274 valence electrons. The Morgan fingerprint density at radius 1 is 0.322 bits per heavy atom. The molecule has 0 saturated carbocycles. The largest absolute Gasteiger partial charge is 0.310 e. The van der Waals surface area contributed by atoms with Gasteiger partial charge in [0.15, 0.2) is 0 Å². The first-order valence-corrected chi connectivity index (χ1v) is 21.7. The highest BCUT2D eigenvalue weighted by Gasteiger charge is 2.23. The average molecular weight is 786 g/mol. The fraction of sp³-hybridized carbons (Fsp3) is 0. The Labute approximate surface area is 345 Å². The van der Waals surface area contributed by atoms with E-state index in [2.05, 4.69) is 202 Å². The van der Waals surface area contributed by atoms with Crippen molar-refractivity contribution < 1.29 is 0 Å². The standard InChI is InChI=1S/C54H31N3S2/c1-5-15-44-37(10-1)41-27-28-42-38-11-2-6-16-45(38)57-47-30-34(25-29-46(47)56(44)53(41)54(42)57)55(35-24-26-40-39-12-3-7-17-48(39)59-51(40)31-35)33-22-20-32(21-23-33)36-14-9-19-50-52(36)43-13-4-8-18-49(43)58-50/h1-31H. The molecule has 5 heterocycles. The van der Waals surface area contributed by atoms with Crippen molar-refractivity contribution in [2.75, 3.05) is 4.90 Å². The Hall–Kier alpha value is -7.18. The van der Waals surface area contributed by atoms with Crippen molar-refractivity contribution in [3.63, 3.8) is 0 Å². The smallest absolute Gasteiger partial charge is 0.0789 e. The van der Waals surface area contributed by atoms with Gasteiger partial charge < -0.3 is 13.7 Å². The van der Waals surface area contributed by atoms with Crippen LogP contribution in [0.3, 0.4) is 0 Å². The van der Waals surface area contributed by atoms with Crippen molar-refractivity contribution in [2.45, 2.75) is 0 Å². The molecule has 14 rings (SSSR count). The minimum atomic E-state index is 1.11. The highest BCUT2D eigenvalue weighted by molar-refractivity contribution is 7.26. The Balaban J connectivity index is 1.04. The minimum Gasteiger partial charge on any atom is -0.310 e. The van der Waals surface area contributed by atoms with Crippen LogP contribution in [-0.4, -0.2) is 8.80 Å². The van der Waals surface area contributed by atoms with Crippen LogP contribution in [-0.2, 0) is 0 Å². The van der Waals surface area contributed by atoms with Gasteiger partial charge >= 0.3 is 0 Å². The predicted molar refractivity (Wildman–Crippen MR) is 255 cm³/mol. The van der Waals surface area contributed by atoms with Gasteiger partial charge in [-0.25, -0.2) is 0 Å². The van der Waals surface area contributed by atoms with Crippen LogP contribution in [0.4, 0.5) is 17.1 Å². The third-order valence-corrected chi connectivity index (χ3v) is 14.9. The van der Waals surface area contributed by atoms with Crippen LogP contribution in [0, 0.1) is 0 Å². The van der Waals surface area contributed by atoms with E-state index >= 15 is 0 Å². The van der Waals surface area contributed by atoms with Crippen LogP contribution >= 0.6 is 22.7 Å². The number of para-hydroxylation sites is 2. The maximum absolute atomic E-state index is 2.52. The van der Waals surface area contributed by atoms with Gasteiger partial charge in [-0.05, 0) is 83.9 Å². The van der Waals surface area contributed by atoms with Gasteiger partial charge in [0.1, 0.15) is 0 Å². The van der Waals surface area contributed by atoms with Gasteiger partial charge in [-0.3, -0.25) is 0 Å². The van der Waals surface area contributed by atoms with Crippen molar-refractivity contribution in [1.29, 1.82) is 0 Å². The summed E-state index contributed by atoms with van der Waals surface area (Å²) < 4.78 is 10.3. The zero-order chi connectivity index (χ0) is 38.3. The SMILES string of the molecule is c1ccc2c(c1)sc1cc(N(c3ccc(-c4cccc5sc6ccccc6c45)cc3)c3ccc4c(c3)n3c5ccccc5c5ccc6c7ccccc7n4c6c53)ccc12. The first-order valence-electron chi connectivity index (χ1n) is 20.1. The molecule has 0 atom stereocenters. The molecule has 0 aliphatic heterocycles. The number of fused-ring (bicyclic) bond motifs is 15. The number of hydrogen-bond donors (Lipinski definition) is 0. The Bertz CT molecular complexity index is 4030. The summed E-state index contributed by atoms with van der Waals surface area (Å²) >= 11 is 3.74. The van der Waals surface area contributed by atoms with E-state index in [9.17, 15) is 0 Å². The molecule has 0 bridgehead atoms. The summed E-state index contributed by atoms with van der Waals surface area (Å²) in [5.74, 6) is 0. The van der Waals surface area contributed by atoms with E-state index < -0.39 is 0 Å². The number of anilines is 3. The molecule has 5 aromatic heterocycles. The van der Waals surface area contributed by atoms with E-state index in [0.29, 0.717) is 0 Å². The van der Waals surface area contributed by atoms with Crippen LogP contribution in [0.15, 0.2) is 188 Å². The van der Waals surface area contributed by atoms with Crippen molar-refractivity contribution in [3.05, 3.63) is 188 Å². The van der Waals surface area contributed by atoms with Gasteiger partial charge in [0, 0.05) is 79.0 Å². The van der Waals surface area contributed by atoms with Crippen LogP contribution in [0.25, 0.3) is 106 Å². The number of benzene rings is 9. The molecule has 0 spiro atoms. The summed E-state index contributed by atoms with van der Waals surface area (Å²) in [4.78, 5) is 2.45. The van der Waals surface area contributed by atoms with Crippen LogP contribution in [0.1, 0.15) is 0 Å². The summed E-state index contributed by atoms with van der Waals surface area (Å²) in [6.07, 6.45) is 0. The van der Waals surface area contributed by atoms with Crippen LogP contribution < -0.4 is 4.90 Å². The van der Waals surface area contributed by atoms with Crippen molar-refractivity contribution in [1.82, 2.24) is 8.80 Å². The number of thiophene rings is 2. The molecule has 0 radical (unpaired) electrons. The van der Waals surface area contributed by atoms with E-state index in [0.717, 1.165) is 17.1 Å². The van der Waals surface area contributed by atoms with E-state index in [1.54, 1.807) is 0 Å². The minimum absolute atomic E-state index is 1.11. The van der Waals surface area contributed by atoms with Crippen molar-refractivity contribution in [2.24, 2.45) is 0 Å². The monoisotopic (exact) mass is 785 g/mol. The Kier molecular flexibility index (Phi) is 6.32. The average Bonchev–Trinajstić information content (AvgIpc) is 4.04. The lowest BCUT2D eigenvalue weighted by molar-refractivity contribution is 1.24. The lowest BCUT2D eigenvalue weighted by Crippen LogP contribution is -2.10. The lowest BCUT2D eigenvalue weighted by atomic mass is 9.99. The molecular formula is C54H31N3S2. The van der Waals surface area contributed by atoms with Crippen molar-refractivity contribution in [3.8, 4) is 11.1 Å². The van der Waals surface area contributed by atoms with Gasteiger partial charge in [-0.2, -0.15) is 0 Å². The highest BCUT2D eigenvalue weighted by atomic mass is 32.1. The second-order valence-corrected chi connectivity index (χ2v) is 17.8. The molecule has 0 fully saturated rings. The summed E-state index contributed by atoms with van der Waals surface area (Å²) in [5, 5.41) is 10.4. The van der Waals surface area contributed by atoms with E-state index in [1.807, 2.05) is 22.7 Å². The zero-order valence-corrected chi connectivity index (χ0v) is 33.2. The van der Waals surface area contributed by atoms with Gasteiger partial charge in [0.05, 0.1) is 33.1 Å². The number of hydrogen-bond acceptors (Lipinski definition) is 3. The maximum Gasteiger partial charge on any atom is 0.0789 e. The van der Waals surface area contributed by atoms with Crippen molar-refractivity contribution >= 4 is 135 Å². The van der Waals surface area contributed by atoms with Gasteiger partial charge in [-0.15, -0.1) is 22.7 Å². The second kappa shape index (κ2) is 11.7. The molecule has 0 amide bonds. The summed E-state index contributed by atoms with van der Waals surface area (Å²) in [7, 11) is 0. The highest BCUT2D eigenvalue weighted by Crippen LogP contribution is 2.46. The number of aromatic nitrogens is 2. The summed E-state index contributed by atoms with van der Waals surface area (Å²) in [6, 6.07) is 70.0. The van der Waals surface area contributed by atoms with Crippen LogP contribution in [0.5, 0.6) is 0 Å². The number of rotatable bonds is 4. The first-order chi connectivity index (χ1) is 29.3. The fourth-order valence-electron chi connectivity index (χ4n) is 10.1. The molecule has 0 aliphatic carbocycles. The predicted octanol–water partition coefficient (Wildman–Crippen LogP) is 16.1. The topological polar surface area (TPSA) is 12.1 Å². The fourth-order valence-corrected chi connectivity index (χ4v) is 12.4. The summed E-state index contributed by atoms with van der Waals surface area (Å²) in [6.45, 7) is 0. The molecule has 0 aliphatic rings. The van der Waals surface area contributed by atoms with Gasteiger partial charge in [0.2, 0.25) is 0 Å². The Morgan fingerprint density at radius 2 is 0.847 bits per heavy atom. The molecule has 3 nitrogen and oxygen atoms in total. The summed E-state index contributed by atoms with van der Waals surface area (Å²) in [5.41, 5.74) is 13.2. The van der Waals surface area contributed by atoms with Crippen LogP contribution in [0.2, 0.25) is 0 Å². The van der Waals surface area contributed by atoms with E-state index in [1.165, 1.54) is 106 Å². The van der Waals surface area contributed by atoms with Gasteiger partial charge in [-0.1, -0.05) is 115 Å². The molecule has 14 aromatic rings. The third kappa shape index (κ3) is 4.30. The lowest BCUT2D eigenvalue weighted by Gasteiger charge is -2.26. The molecule has 9 aromatic carbocycles. The van der Waals surface area contributed by atoms with E-state index in [-0.39, 0.29) is 0 Å². The maximum atomic E-state index is 2.52. The van der Waals surface area contributed by atoms with E-state index in [4.69, 9.17) is 0 Å². The molecule has 59 heavy (non-hydrogen) atoms. The molecular weight excluding hydrogens is 755 g/mol. The normalized spacial score (nSPS) is 12.4. The third-order valence-electron chi connectivity index (χ3n) is 12.6. The molecule has 5 heteroatoms. The van der Waals surface area contributed by atoms with Gasteiger partial charge in [0.25, 0.3) is 0 Å². The first kappa shape index (κ1) is 31.9. The molecule has 0 N–H and O–H groups in total. The Morgan fingerprint density at radius 3 is 1.59 bits per heavy atom. The number of nitrogens with zero attached hydrogens (tertiary/aromatic N) is 3. The zero-order valence-electron chi connectivity index (χ0n) is 31.6. The molecule has 0 unspecified atom stereocenters. The quantitative estimate of drug-likeness (QED) is 0.162. The molecule has 0 saturated heterocycles. The second-order valence-electron chi connectivity index (χ2n) is 15.7.